The van der Waals surface area contributed by atoms with Gasteiger partial charge < -0.3 is 15.1 Å². The van der Waals surface area contributed by atoms with Crippen LogP contribution in [0.3, 0.4) is 0 Å². The molecule has 0 aliphatic heterocycles. The summed E-state index contributed by atoms with van der Waals surface area (Å²) in [4.78, 5) is 29.9. The maximum absolute atomic E-state index is 12.3. The molecular weight excluding hydrogens is 262 g/mol. The van der Waals surface area contributed by atoms with Gasteiger partial charge in [0.1, 0.15) is 12.0 Å². The molecule has 0 fully saturated rings. The van der Waals surface area contributed by atoms with Crippen LogP contribution in [0.4, 0.5) is 11.5 Å². The lowest BCUT2D eigenvalue weighted by atomic mass is 10.2. The average Bonchev–Trinajstić information content (AvgIpc) is 2.42. The van der Waals surface area contributed by atoms with Gasteiger partial charge in [0.2, 0.25) is 0 Å². The fraction of sp³-hybridized carbons (Fsp3) is 0.500. The summed E-state index contributed by atoms with van der Waals surface area (Å²) in [5.41, 5.74) is -0.00341. The molecule has 8 nitrogen and oxygen atoms in total. The van der Waals surface area contributed by atoms with E-state index in [0.29, 0.717) is 18.9 Å². The van der Waals surface area contributed by atoms with E-state index in [1.165, 1.54) is 11.0 Å². The first-order chi connectivity index (χ1) is 9.36. The summed E-state index contributed by atoms with van der Waals surface area (Å²) in [6.45, 7) is 1.23. The summed E-state index contributed by atoms with van der Waals surface area (Å²) in [6.07, 6.45) is 1.13. The minimum atomic E-state index is -0.566. The summed E-state index contributed by atoms with van der Waals surface area (Å²) < 4.78 is 0. The Balaban J connectivity index is 3.00. The van der Waals surface area contributed by atoms with Crippen molar-refractivity contribution in [3.63, 3.8) is 0 Å². The smallest absolute Gasteiger partial charge is 0.288 e. The number of nitrogens with zero attached hydrogens (tertiary/aromatic N) is 4. The number of anilines is 1. The lowest BCUT2D eigenvalue weighted by Gasteiger charge is -2.20. The van der Waals surface area contributed by atoms with Gasteiger partial charge >= 0.3 is 0 Å². The number of carbonyl (C=O) groups is 1. The molecule has 1 rings (SSSR count). The summed E-state index contributed by atoms with van der Waals surface area (Å²) in [6, 6.07) is 1.24. The van der Waals surface area contributed by atoms with Crippen molar-refractivity contribution in [1.29, 1.82) is 0 Å². The summed E-state index contributed by atoms with van der Waals surface area (Å²) in [5, 5.41) is 13.5. The minimum Gasteiger partial charge on any atom is -0.372 e. The van der Waals surface area contributed by atoms with Gasteiger partial charge in [0.15, 0.2) is 0 Å². The highest BCUT2D eigenvalue weighted by Gasteiger charge is 2.20. The van der Waals surface area contributed by atoms with Gasteiger partial charge in [0, 0.05) is 33.3 Å². The molecule has 1 N–H and O–H groups in total. The van der Waals surface area contributed by atoms with Crippen LogP contribution < -0.4 is 5.32 Å². The van der Waals surface area contributed by atoms with Crippen LogP contribution in [0.25, 0.3) is 0 Å². The molecule has 0 unspecified atom stereocenters. The van der Waals surface area contributed by atoms with Crippen molar-refractivity contribution < 1.29 is 9.72 Å². The molecule has 0 saturated carbocycles. The predicted octanol–water partition coefficient (Wildman–Crippen LogP) is 0.665. The van der Waals surface area contributed by atoms with E-state index in [1.807, 2.05) is 19.0 Å². The molecular formula is C12H19N5O3. The first-order valence-corrected chi connectivity index (χ1v) is 6.09. The molecule has 0 saturated heterocycles. The van der Waals surface area contributed by atoms with Crippen LogP contribution in [0.1, 0.15) is 10.4 Å². The van der Waals surface area contributed by atoms with Crippen LogP contribution >= 0.6 is 0 Å². The molecule has 0 aliphatic rings. The Morgan fingerprint density at radius 2 is 2.05 bits per heavy atom. The minimum absolute atomic E-state index is 0.197. The van der Waals surface area contributed by atoms with Gasteiger partial charge in [-0.3, -0.25) is 14.9 Å². The normalized spacial score (nSPS) is 10.4. The molecule has 0 bridgehead atoms. The average molecular weight is 281 g/mol. The highest BCUT2D eigenvalue weighted by molar-refractivity contribution is 5.99. The summed E-state index contributed by atoms with van der Waals surface area (Å²) >= 11 is 0. The Morgan fingerprint density at radius 1 is 1.40 bits per heavy atom. The number of pyridine rings is 1. The van der Waals surface area contributed by atoms with E-state index < -0.39 is 4.92 Å². The Kier molecular flexibility index (Phi) is 5.39. The standard InChI is InChI=1S/C12H19N5O3/c1-13-11-10(7-9(8-14-11)17(19)20)12(18)16(4)6-5-15(2)3/h7-8H,5-6H2,1-4H3,(H,13,14). The third kappa shape index (κ3) is 3.89. The van der Waals surface area contributed by atoms with E-state index in [9.17, 15) is 14.9 Å². The third-order valence-corrected chi connectivity index (χ3v) is 2.78. The number of hydrogen-bond acceptors (Lipinski definition) is 6. The molecule has 110 valence electrons. The molecule has 0 spiro atoms. The van der Waals surface area contributed by atoms with Gasteiger partial charge in [0.25, 0.3) is 11.6 Å². The van der Waals surface area contributed by atoms with Crippen LogP contribution in [-0.4, -0.2) is 66.9 Å². The van der Waals surface area contributed by atoms with Crippen LogP contribution in [0.15, 0.2) is 12.3 Å². The van der Waals surface area contributed by atoms with E-state index in [-0.39, 0.29) is 17.2 Å². The number of likely N-dealkylation sites (N-methyl/N-ethyl adjacent to an activating group) is 2. The monoisotopic (exact) mass is 281 g/mol. The molecule has 1 heterocycles. The van der Waals surface area contributed by atoms with Gasteiger partial charge in [-0.1, -0.05) is 0 Å². The fourth-order valence-electron chi connectivity index (χ4n) is 1.57. The Bertz CT molecular complexity index is 504. The maximum atomic E-state index is 12.3. The highest BCUT2D eigenvalue weighted by Crippen LogP contribution is 2.20. The number of nitro groups is 1. The first-order valence-electron chi connectivity index (χ1n) is 6.09. The Morgan fingerprint density at radius 3 is 2.55 bits per heavy atom. The first kappa shape index (κ1) is 15.8. The number of rotatable bonds is 6. The zero-order valence-corrected chi connectivity index (χ0v) is 12.1. The molecule has 20 heavy (non-hydrogen) atoms. The zero-order valence-electron chi connectivity index (χ0n) is 12.1. The molecule has 1 aromatic heterocycles. The Hall–Kier alpha value is -2.22. The molecule has 0 aromatic carbocycles. The van der Waals surface area contributed by atoms with Gasteiger partial charge in [0.05, 0.1) is 10.5 Å². The largest absolute Gasteiger partial charge is 0.372 e. The summed E-state index contributed by atoms with van der Waals surface area (Å²) in [7, 11) is 7.09. The molecule has 1 aromatic rings. The van der Waals surface area contributed by atoms with Gasteiger partial charge in [-0.05, 0) is 14.1 Å². The number of hydrogen-bond donors (Lipinski definition) is 1. The van der Waals surface area contributed by atoms with Crippen molar-refractivity contribution in [2.45, 2.75) is 0 Å². The van der Waals surface area contributed by atoms with E-state index in [2.05, 4.69) is 10.3 Å². The van der Waals surface area contributed by atoms with Gasteiger partial charge in [-0.2, -0.15) is 0 Å². The quantitative estimate of drug-likeness (QED) is 0.608. The predicted molar refractivity (Wildman–Crippen MR) is 76.0 cm³/mol. The van der Waals surface area contributed by atoms with E-state index in [4.69, 9.17) is 0 Å². The van der Waals surface area contributed by atoms with Crippen LogP contribution in [0.5, 0.6) is 0 Å². The number of nitrogens with one attached hydrogen (secondary N) is 1. The highest BCUT2D eigenvalue weighted by atomic mass is 16.6. The molecule has 0 aliphatic carbocycles. The molecule has 0 radical (unpaired) electrons. The van der Waals surface area contributed by atoms with Crippen molar-refractivity contribution in [2.75, 3.05) is 46.6 Å². The summed E-state index contributed by atoms with van der Waals surface area (Å²) in [5.74, 6) is 0.0321. The SMILES string of the molecule is CNc1ncc([N+](=O)[O-])cc1C(=O)N(C)CCN(C)C. The molecule has 1 amide bonds. The van der Waals surface area contributed by atoms with Crippen molar-refractivity contribution in [2.24, 2.45) is 0 Å². The van der Waals surface area contributed by atoms with Gasteiger partial charge in [-0.25, -0.2) is 4.98 Å². The van der Waals surface area contributed by atoms with Gasteiger partial charge in [-0.15, -0.1) is 0 Å². The van der Waals surface area contributed by atoms with Crippen LogP contribution in [-0.2, 0) is 0 Å². The van der Waals surface area contributed by atoms with Crippen molar-refractivity contribution in [3.8, 4) is 0 Å². The van der Waals surface area contributed by atoms with Crippen molar-refractivity contribution >= 4 is 17.4 Å². The molecule has 8 heteroatoms. The van der Waals surface area contributed by atoms with E-state index in [0.717, 1.165) is 6.20 Å². The number of aromatic nitrogens is 1. The second-order valence-corrected chi connectivity index (χ2v) is 4.63. The fourth-order valence-corrected chi connectivity index (χ4v) is 1.57. The molecule has 0 atom stereocenters. The topological polar surface area (TPSA) is 91.6 Å². The van der Waals surface area contributed by atoms with E-state index in [1.54, 1.807) is 14.1 Å². The Labute approximate surface area is 117 Å². The lowest BCUT2D eigenvalue weighted by Crippen LogP contribution is -2.34. The number of carbonyl (C=O) groups excluding carboxylic acids is 1. The van der Waals surface area contributed by atoms with Crippen LogP contribution in [0, 0.1) is 10.1 Å². The van der Waals surface area contributed by atoms with Crippen LogP contribution in [0.2, 0.25) is 0 Å². The van der Waals surface area contributed by atoms with E-state index >= 15 is 0 Å². The zero-order chi connectivity index (χ0) is 15.3. The number of amides is 1. The second-order valence-electron chi connectivity index (χ2n) is 4.63. The van der Waals surface area contributed by atoms with Crippen molar-refractivity contribution in [3.05, 3.63) is 27.9 Å². The second kappa shape index (κ2) is 6.80. The lowest BCUT2D eigenvalue weighted by molar-refractivity contribution is -0.385. The van der Waals surface area contributed by atoms with Crippen molar-refractivity contribution in [1.82, 2.24) is 14.8 Å². The maximum Gasteiger partial charge on any atom is 0.288 e. The third-order valence-electron chi connectivity index (χ3n) is 2.78.